The maximum Gasteiger partial charge on any atom is 0.266 e. The first-order chi connectivity index (χ1) is 8.80. The Morgan fingerprint density at radius 2 is 1.79 bits per heavy atom. The van der Waals surface area contributed by atoms with Gasteiger partial charge in [0.15, 0.2) is 5.78 Å². The highest BCUT2D eigenvalue weighted by Crippen LogP contribution is 2.35. The number of ketones is 1. The molecule has 1 amide bonds. The van der Waals surface area contributed by atoms with E-state index in [1.807, 2.05) is 32.0 Å². The second-order valence-corrected chi connectivity index (χ2v) is 5.34. The Bertz CT molecular complexity index is 599. The number of amides is 1. The highest BCUT2D eigenvalue weighted by Gasteiger charge is 2.50. The summed E-state index contributed by atoms with van der Waals surface area (Å²) >= 11 is 0. The maximum absolute atomic E-state index is 12.2. The summed E-state index contributed by atoms with van der Waals surface area (Å²) in [5.74, 6) is -0.820. The second-order valence-electron chi connectivity index (χ2n) is 5.34. The monoisotopic (exact) mass is 259 g/mol. The molecule has 1 N–H and O–H groups in total. The molecule has 4 heteroatoms. The molecule has 1 aromatic carbocycles. The Hall–Kier alpha value is -2.10. The molecule has 1 aliphatic heterocycles. The minimum absolute atomic E-state index is 0.164. The van der Waals surface area contributed by atoms with Crippen molar-refractivity contribution in [1.29, 1.82) is 0 Å². The van der Waals surface area contributed by atoms with Crippen LogP contribution in [0.25, 0.3) is 0 Å². The van der Waals surface area contributed by atoms with Crippen LogP contribution in [-0.2, 0) is 9.59 Å². The first-order valence-corrected chi connectivity index (χ1v) is 6.11. The van der Waals surface area contributed by atoms with Crippen LogP contribution in [0.15, 0.2) is 30.0 Å². The average molecular weight is 259 g/mol. The summed E-state index contributed by atoms with van der Waals surface area (Å²) in [6.07, 6.45) is 0.605. The lowest BCUT2D eigenvalue weighted by molar-refractivity contribution is -0.118. The van der Waals surface area contributed by atoms with E-state index in [0.29, 0.717) is 11.9 Å². The summed E-state index contributed by atoms with van der Waals surface area (Å²) in [6.45, 7) is 7.30. The molecule has 1 heterocycles. The third-order valence-electron chi connectivity index (χ3n) is 3.67. The first kappa shape index (κ1) is 13.3. The number of rotatable bonds is 1. The van der Waals surface area contributed by atoms with E-state index in [-0.39, 0.29) is 11.4 Å². The zero-order valence-corrected chi connectivity index (χ0v) is 11.5. The Morgan fingerprint density at radius 1 is 1.16 bits per heavy atom. The van der Waals surface area contributed by atoms with Crippen LogP contribution >= 0.6 is 0 Å². The van der Waals surface area contributed by atoms with E-state index in [9.17, 15) is 9.59 Å². The fourth-order valence-corrected chi connectivity index (χ4v) is 2.32. The van der Waals surface area contributed by atoms with Gasteiger partial charge in [-0.15, -0.1) is 0 Å². The molecule has 2 rings (SSSR count). The quantitative estimate of drug-likeness (QED) is 0.479. The van der Waals surface area contributed by atoms with E-state index in [0.717, 1.165) is 11.1 Å². The number of nitrogens with zero attached hydrogens (tertiary/aromatic N) is 1. The summed E-state index contributed by atoms with van der Waals surface area (Å²) in [5.41, 5.74) is 1.70. The zero-order chi connectivity index (χ0) is 14.4. The van der Waals surface area contributed by atoms with Crippen LogP contribution in [0.4, 0.5) is 5.69 Å². The summed E-state index contributed by atoms with van der Waals surface area (Å²) in [6, 6.07) is 5.61. The van der Waals surface area contributed by atoms with Crippen LogP contribution in [-0.4, -0.2) is 22.3 Å². The topological polar surface area (TPSA) is 57.6 Å². The van der Waals surface area contributed by atoms with Gasteiger partial charge in [-0.1, -0.05) is 6.07 Å². The van der Waals surface area contributed by atoms with Gasteiger partial charge in [-0.2, -0.15) is 0 Å². The smallest absolute Gasteiger partial charge is 0.266 e. The van der Waals surface area contributed by atoms with Crippen LogP contribution in [0.2, 0.25) is 0 Å². The first-order valence-electron chi connectivity index (χ1n) is 6.11. The SMILES string of the molecule is Cc1ccc(N2C(=O)/C(=C\O)C(=O)C2(C)C)cc1C. The van der Waals surface area contributed by atoms with Crippen LogP contribution in [0, 0.1) is 13.8 Å². The number of aliphatic hydroxyl groups excluding tert-OH is 1. The number of carbonyl (C=O) groups is 2. The average Bonchev–Trinajstić information content (AvgIpc) is 2.50. The number of benzene rings is 1. The Labute approximate surface area is 112 Å². The number of Topliss-reactive ketones (excluding diaryl/α,β-unsaturated/α-hetero) is 1. The van der Waals surface area contributed by atoms with Crippen molar-refractivity contribution in [2.75, 3.05) is 4.90 Å². The summed E-state index contributed by atoms with van der Waals surface area (Å²) in [7, 11) is 0. The minimum atomic E-state index is -0.979. The van der Waals surface area contributed by atoms with Crippen molar-refractivity contribution >= 4 is 17.4 Å². The fraction of sp³-hybridized carbons (Fsp3) is 0.333. The molecular formula is C15H17NO3. The van der Waals surface area contributed by atoms with E-state index >= 15 is 0 Å². The molecule has 1 aliphatic rings. The molecule has 1 saturated heterocycles. The number of anilines is 1. The molecule has 0 aromatic heterocycles. The molecule has 4 nitrogen and oxygen atoms in total. The normalized spacial score (nSPS) is 20.4. The number of hydrogen-bond acceptors (Lipinski definition) is 3. The Morgan fingerprint density at radius 3 is 2.26 bits per heavy atom. The summed E-state index contributed by atoms with van der Waals surface area (Å²) in [4.78, 5) is 25.8. The summed E-state index contributed by atoms with van der Waals surface area (Å²) in [5, 5.41) is 9.07. The van der Waals surface area contributed by atoms with E-state index in [4.69, 9.17) is 5.11 Å². The maximum atomic E-state index is 12.2. The van der Waals surface area contributed by atoms with Gasteiger partial charge in [0.2, 0.25) is 0 Å². The van der Waals surface area contributed by atoms with Gasteiger partial charge in [0.1, 0.15) is 11.1 Å². The van der Waals surface area contributed by atoms with Gasteiger partial charge < -0.3 is 5.11 Å². The van der Waals surface area contributed by atoms with Crippen molar-refractivity contribution in [2.24, 2.45) is 0 Å². The number of aliphatic hydroxyl groups is 1. The van der Waals surface area contributed by atoms with Gasteiger partial charge in [-0.3, -0.25) is 14.5 Å². The Kier molecular flexibility index (Phi) is 2.97. The molecule has 0 spiro atoms. The third-order valence-corrected chi connectivity index (χ3v) is 3.67. The molecular weight excluding hydrogens is 242 g/mol. The van der Waals surface area contributed by atoms with Crippen molar-refractivity contribution in [3.63, 3.8) is 0 Å². The highest BCUT2D eigenvalue weighted by molar-refractivity contribution is 6.34. The van der Waals surface area contributed by atoms with Crippen LogP contribution in [0.3, 0.4) is 0 Å². The van der Waals surface area contributed by atoms with Crippen LogP contribution < -0.4 is 4.90 Å². The largest absolute Gasteiger partial charge is 0.515 e. The van der Waals surface area contributed by atoms with Gasteiger partial charge in [0, 0.05) is 5.69 Å². The lowest BCUT2D eigenvalue weighted by atomic mass is 9.97. The van der Waals surface area contributed by atoms with Gasteiger partial charge in [-0.05, 0) is 51.0 Å². The van der Waals surface area contributed by atoms with Gasteiger partial charge in [-0.25, -0.2) is 0 Å². The lowest BCUT2D eigenvalue weighted by Gasteiger charge is -2.29. The van der Waals surface area contributed by atoms with E-state index < -0.39 is 11.4 Å². The molecule has 1 fully saturated rings. The van der Waals surface area contributed by atoms with Gasteiger partial charge in [0.05, 0.1) is 6.26 Å². The molecule has 19 heavy (non-hydrogen) atoms. The molecule has 100 valence electrons. The Balaban J connectivity index is 2.58. The van der Waals surface area contributed by atoms with Crippen molar-refractivity contribution in [2.45, 2.75) is 33.2 Å². The predicted octanol–water partition coefficient (Wildman–Crippen LogP) is 2.44. The molecule has 0 bridgehead atoms. The standard InChI is InChI=1S/C15H17NO3/c1-9-5-6-11(7-10(9)2)16-14(19)12(8-17)13(18)15(16,3)4/h5-8,17H,1-4H3/b12-8-. The van der Waals surface area contributed by atoms with E-state index in [1.165, 1.54) is 4.90 Å². The zero-order valence-electron chi connectivity index (χ0n) is 11.5. The van der Waals surface area contributed by atoms with Crippen molar-refractivity contribution < 1.29 is 14.7 Å². The van der Waals surface area contributed by atoms with Gasteiger partial charge in [0.25, 0.3) is 5.91 Å². The fourth-order valence-electron chi connectivity index (χ4n) is 2.32. The van der Waals surface area contributed by atoms with Crippen molar-refractivity contribution in [3.8, 4) is 0 Å². The number of hydrogen-bond donors (Lipinski definition) is 1. The molecule has 1 aromatic rings. The van der Waals surface area contributed by atoms with Crippen LogP contribution in [0.5, 0.6) is 0 Å². The van der Waals surface area contributed by atoms with Crippen LogP contribution in [0.1, 0.15) is 25.0 Å². The van der Waals surface area contributed by atoms with E-state index in [2.05, 4.69) is 0 Å². The molecule has 0 aliphatic carbocycles. The van der Waals surface area contributed by atoms with Crippen molar-refractivity contribution in [3.05, 3.63) is 41.2 Å². The molecule has 0 saturated carbocycles. The highest BCUT2D eigenvalue weighted by atomic mass is 16.2. The second kappa shape index (κ2) is 4.23. The van der Waals surface area contributed by atoms with Gasteiger partial charge >= 0.3 is 0 Å². The summed E-state index contributed by atoms with van der Waals surface area (Å²) < 4.78 is 0. The minimum Gasteiger partial charge on any atom is -0.515 e. The molecule has 0 atom stereocenters. The molecule has 0 unspecified atom stereocenters. The number of carbonyl (C=O) groups excluding carboxylic acids is 2. The third kappa shape index (κ3) is 1.84. The predicted molar refractivity (Wildman–Crippen MR) is 73.2 cm³/mol. The lowest BCUT2D eigenvalue weighted by Crippen LogP contribution is -2.44. The number of aryl methyl sites for hydroxylation is 2. The van der Waals surface area contributed by atoms with E-state index in [1.54, 1.807) is 13.8 Å². The van der Waals surface area contributed by atoms with Crippen molar-refractivity contribution in [1.82, 2.24) is 0 Å². The molecule has 0 radical (unpaired) electrons.